The van der Waals surface area contributed by atoms with Gasteiger partial charge in [-0.05, 0) is 12.3 Å². The molecule has 0 unspecified atom stereocenters. The fraction of sp³-hybridized carbons (Fsp3) is 0.556. The number of carbonyl (C=O) groups is 1. The van der Waals surface area contributed by atoms with Crippen LogP contribution in [0.3, 0.4) is 0 Å². The summed E-state index contributed by atoms with van der Waals surface area (Å²) in [6.07, 6.45) is 3.66. The molecule has 1 atom stereocenters. The number of sulfone groups is 1. The first-order chi connectivity index (χ1) is 8.05. The van der Waals surface area contributed by atoms with Gasteiger partial charge in [-0.2, -0.15) is 5.10 Å². The molecule has 8 heteroatoms. The quantitative estimate of drug-likeness (QED) is 0.708. The van der Waals surface area contributed by atoms with Crippen LogP contribution >= 0.6 is 0 Å². The lowest BCUT2D eigenvalue weighted by Gasteiger charge is -2.09. The lowest BCUT2D eigenvalue weighted by molar-refractivity contribution is 0.250. The Kier molecular flexibility index (Phi) is 3.32. The molecule has 17 heavy (non-hydrogen) atoms. The second-order valence-electron chi connectivity index (χ2n) is 4.09. The van der Waals surface area contributed by atoms with Gasteiger partial charge >= 0.3 is 6.03 Å². The Labute approximate surface area is 98.9 Å². The van der Waals surface area contributed by atoms with Gasteiger partial charge in [0.2, 0.25) is 0 Å². The number of hydrogen-bond donors (Lipinski definition) is 3. The zero-order valence-electron chi connectivity index (χ0n) is 9.14. The molecular formula is C9H14N4O3S. The summed E-state index contributed by atoms with van der Waals surface area (Å²) in [5, 5.41) is 11.5. The van der Waals surface area contributed by atoms with E-state index < -0.39 is 9.84 Å². The zero-order chi connectivity index (χ0) is 12.3. The smallest absolute Gasteiger partial charge is 0.319 e. The summed E-state index contributed by atoms with van der Waals surface area (Å²) in [4.78, 5) is 11.4. The third-order valence-corrected chi connectivity index (χ3v) is 4.47. The third-order valence-electron chi connectivity index (χ3n) is 2.63. The average molecular weight is 258 g/mol. The highest BCUT2D eigenvalue weighted by Gasteiger charge is 2.27. The van der Waals surface area contributed by atoms with Gasteiger partial charge in [-0.15, -0.1) is 0 Å². The van der Waals surface area contributed by atoms with E-state index in [2.05, 4.69) is 20.8 Å². The number of nitrogens with zero attached hydrogens (tertiary/aromatic N) is 1. The topological polar surface area (TPSA) is 104 Å². The van der Waals surface area contributed by atoms with Crippen LogP contribution in [0.5, 0.6) is 0 Å². The zero-order valence-corrected chi connectivity index (χ0v) is 9.96. The van der Waals surface area contributed by atoms with E-state index in [0.717, 1.165) is 0 Å². The van der Waals surface area contributed by atoms with Crippen molar-refractivity contribution >= 4 is 21.6 Å². The standard InChI is InChI=1S/C9H14N4O3S/c14-9(13-8-4-11-12-5-8)10-3-7-1-2-17(15,16)6-7/h4-5,7H,1-3,6H2,(H,11,12)(H2,10,13,14)/t7-/m0/s1. The van der Waals surface area contributed by atoms with Crippen molar-refractivity contribution in [2.24, 2.45) is 5.92 Å². The van der Waals surface area contributed by atoms with Gasteiger partial charge in [0.15, 0.2) is 9.84 Å². The Morgan fingerprint density at radius 2 is 2.41 bits per heavy atom. The summed E-state index contributed by atoms with van der Waals surface area (Å²) in [7, 11) is -2.88. The number of urea groups is 1. The van der Waals surface area contributed by atoms with Crippen molar-refractivity contribution in [2.75, 3.05) is 23.4 Å². The minimum Gasteiger partial charge on any atom is -0.338 e. The summed E-state index contributed by atoms with van der Waals surface area (Å²) in [5.41, 5.74) is 0.571. The monoisotopic (exact) mass is 258 g/mol. The number of rotatable bonds is 3. The van der Waals surface area contributed by atoms with Crippen LogP contribution in [0.4, 0.5) is 10.5 Å². The summed E-state index contributed by atoms with van der Waals surface area (Å²) < 4.78 is 22.4. The van der Waals surface area contributed by atoms with Crippen LogP contribution in [-0.4, -0.2) is 42.7 Å². The average Bonchev–Trinajstić information content (AvgIpc) is 2.85. The fourth-order valence-corrected chi connectivity index (χ4v) is 3.63. The van der Waals surface area contributed by atoms with E-state index in [1.54, 1.807) is 6.20 Å². The Bertz CT molecular complexity index is 482. The van der Waals surface area contributed by atoms with Crippen molar-refractivity contribution in [3.8, 4) is 0 Å². The van der Waals surface area contributed by atoms with Gasteiger partial charge in [-0.25, -0.2) is 13.2 Å². The summed E-state index contributed by atoms with van der Waals surface area (Å²) in [6.45, 7) is 0.378. The highest BCUT2D eigenvalue weighted by atomic mass is 32.2. The molecule has 0 radical (unpaired) electrons. The van der Waals surface area contributed by atoms with Gasteiger partial charge in [0.05, 0.1) is 23.4 Å². The molecule has 0 spiro atoms. The number of aromatic amines is 1. The molecule has 1 fully saturated rings. The highest BCUT2D eigenvalue weighted by molar-refractivity contribution is 7.91. The maximum Gasteiger partial charge on any atom is 0.319 e. The summed E-state index contributed by atoms with van der Waals surface area (Å²) in [6, 6.07) is -0.351. The van der Waals surface area contributed by atoms with Crippen molar-refractivity contribution in [3.63, 3.8) is 0 Å². The number of hydrogen-bond acceptors (Lipinski definition) is 4. The second kappa shape index (κ2) is 4.74. The van der Waals surface area contributed by atoms with Crippen molar-refractivity contribution < 1.29 is 13.2 Å². The molecule has 94 valence electrons. The molecule has 0 aromatic carbocycles. The lowest BCUT2D eigenvalue weighted by Crippen LogP contribution is -2.33. The molecule has 1 saturated heterocycles. The van der Waals surface area contributed by atoms with Crippen LogP contribution in [0.15, 0.2) is 12.4 Å². The van der Waals surface area contributed by atoms with Gasteiger partial charge in [0, 0.05) is 12.7 Å². The van der Waals surface area contributed by atoms with Gasteiger partial charge in [-0.3, -0.25) is 5.10 Å². The number of aromatic nitrogens is 2. The molecule has 0 saturated carbocycles. The number of H-pyrrole nitrogens is 1. The van der Waals surface area contributed by atoms with Crippen molar-refractivity contribution in [3.05, 3.63) is 12.4 Å². The molecule has 3 N–H and O–H groups in total. The molecule has 0 aliphatic carbocycles. The first-order valence-corrected chi connectivity index (χ1v) is 7.11. The Morgan fingerprint density at radius 1 is 1.59 bits per heavy atom. The Morgan fingerprint density at radius 3 is 3.00 bits per heavy atom. The molecule has 2 rings (SSSR count). The first-order valence-electron chi connectivity index (χ1n) is 5.29. The van der Waals surface area contributed by atoms with Crippen LogP contribution in [0.1, 0.15) is 6.42 Å². The Hall–Kier alpha value is -1.57. The minimum atomic E-state index is -2.88. The molecule has 1 aliphatic rings. The van der Waals surface area contributed by atoms with Crippen LogP contribution in [0.2, 0.25) is 0 Å². The largest absolute Gasteiger partial charge is 0.338 e. The maximum atomic E-state index is 11.4. The molecule has 1 aromatic rings. The van der Waals surface area contributed by atoms with Gasteiger partial charge in [-0.1, -0.05) is 0 Å². The van der Waals surface area contributed by atoms with Crippen LogP contribution in [0, 0.1) is 5.92 Å². The van der Waals surface area contributed by atoms with Crippen molar-refractivity contribution in [1.82, 2.24) is 15.5 Å². The number of carbonyl (C=O) groups excluding carboxylic acids is 1. The Balaban J connectivity index is 1.74. The van der Waals surface area contributed by atoms with E-state index in [9.17, 15) is 13.2 Å². The van der Waals surface area contributed by atoms with Crippen molar-refractivity contribution in [2.45, 2.75) is 6.42 Å². The second-order valence-corrected chi connectivity index (χ2v) is 6.32. The van der Waals surface area contributed by atoms with E-state index in [1.165, 1.54) is 6.20 Å². The SMILES string of the molecule is O=C(NC[C@@H]1CCS(=O)(=O)C1)Nc1cn[nH]c1. The molecule has 7 nitrogen and oxygen atoms in total. The number of anilines is 1. The fourth-order valence-electron chi connectivity index (χ4n) is 1.76. The van der Waals surface area contributed by atoms with E-state index in [0.29, 0.717) is 18.7 Å². The van der Waals surface area contributed by atoms with E-state index >= 15 is 0 Å². The molecule has 2 amide bonds. The molecule has 1 aliphatic heterocycles. The van der Waals surface area contributed by atoms with Crippen LogP contribution in [-0.2, 0) is 9.84 Å². The normalized spacial score (nSPS) is 22.2. The van der Waals surface area contributed by atoms with E-state index in [4.69, 9.17) is 0 Å². The predicted octanol–water partition coefficient (Wildman–Crippen LogP) is -0.0341. The molecule has 2 heterocycles. The van der Waals surface area contributed by atoms with E-state index in [1.807, 2.05) is 0 Å². The predicted molar refractivity (Wildman–Crippen MR) is 62.4 cm³/mol. The molecule has 1 aromatic heterocycles. The first kappa shape index (κ1) is 11.9. The number of nitrogens with one attached hydrogen (secondary N) is 3. The lowest BCUT2D eigenvalue weighted by atomic mass is 10.1. The van der Waals surface area contributed by atoms with Crippen LogP contribution < -0.4 is 10.6 Å². The number of amides is 2. The molecule has 0 bridgehead atoms. The summed E-state index contributed by atoms with van der Waals surface area (Å²) >= 11 is 0. The minimum absolute atomic E-state index is 0.0232. The molecular weight excluding hydrogens is 244 g/mol. The highest BCUT2D eigenvalue weighted by Crippen LogP contribution is 2.17. The van der Waals surface area contributed by atoms with E-state index in [-0.39, 0.29) is 23.5 Å². The van der Waals surface area contributed by atoms with Gasteiger partial charge in [0.25, 0.3) is 0 Å². The summed E-state index contributed by atoms with van der Waals surface area (Å²) in [5.74, 6) is 0.414. The van der Waals surface area contributed by atoms with Crippen LogP contribution in [0.25, 0.3) is 0 Å². The maximum absolute atomic E-state index is 11.4. The van der Waals surface area contributed by atoms with Crippen molar-refractivity contribution in [1.29, 1.82) is 0 Å². The van der Waals surface area contributed by atoms with Gasteiger partial charge in [0.1, 0.15) is 0 Å². The van der Waals surface area contributed by atoms with Gasteiger partial charge < -0.3 is 10.6 Å². The third kappa shape index (κ3) is 3.45.